The Hall–Kier alpha value is -1.55. The molecule has 0 fully saturated rings. The van der Waals surface area contributed by atoms with E-state index in [1.165, 1.54) is 4.88 Å². The molecule has 0 aromatic carbocycles. The second-order valence-corrected chi connectivity index (χ2v) is 5.25. The first-order valence-electron chi connectivity index (χ1n) is 5.67. The number of aromatic nitrogens is 1. The summed E-state index contributed by atoms with van der Waals surface area (Å²) in [6.45, 7) is 4.11. The fourth-order valence-electron chi connectivity index (χ4n) is 1.70. The first kappa shape index (κ1) is 11.9. The molecule has 17 heavy (non-hydrogen) atoms. The van der Waals surface area contributed by atoms with Crippen LogP contribution in [-0.4, -0.2) is 11.0 Å². The lowest BCUT2D eigenvalue weighted by Gasteiger charge is -2.15. The van der Waals surface area contributed by atoms with Gasteiger partial charge in [-0.3, -0.25) is 0 Å². The van der Waals surface area contributed by atoms with Gasteiger partial charge in [0.15, 0.2) is 0 Å². The SMILES string of the molecule is Cc1ccc(N)c(NC(C)Cc2cccs2)n1. The largest absolute Gasteiger partial charge is 0.396 e. The summed E-state index contributed by atoms with van der Waals surface area (Å²) in [5.74, 6) is 0.786. The highest BCUT2D eigenvalue weighted by atomic mass is 32.1. The number of anilines is 2. The average Bonchev–Trinajstić information content (AvgIpc) is 2.76. The van der Waals surface area contributed by atoms with Crippen LogP contribution in [0, 0.1) is 6.92 Å². The van der Waals surface area contributed by atoms with Gasteiger partial charge in [0.05, 0.1) is 5.69 Å². The molecule has 0 aliphatic heterocycles. The molecule has 0 spiro atoms. The molecule has 90 valence electrons. The van der Waals surface area contributed by atoms with Crippen molar-refractivity contribution < 1.29 is 0 Å². The van der Waals surface area contributed by atoms with Crippen molar-refractivity contribution in [3.63, 3.8) is 0 Å². The first-order chi connectivity index (χ1) is 8.15. The molecule has 0 saturated heterocycles. The number of hydrogen-bond donors (Lipinski definition) is 2. The molecule has 0 bridgehead atoms. The molecule has 0 aliphatic rings. The summed E-state index contributed by atoms with van der Waals surface area (Å²) in [5.41, 5.74) is 7.57. The van der Waals surface area contributed by atoms with Crippen LogP contribution in [0.3, 0.4) is 0 Å². The minimum absolute atomic E-state index is 0.324. The monoisotopic (exact) mass is 247 g/mol. The first-order valence-corrected chi connectivity index (χ1v) is 6.55. The molecule has 3 N–H and O–H groups in total. The Bertz CT molecular complexity index is 479. The quantitative estimate of drug-likeness (QED) is 0.873. The third kappa shape index (κ3) is 3.20. The van der Waals surface area contributed by atoms with Crippen LogP contribution in [0.2, 0.25) is 0 Å². The molecule has 0 aliphatic carbocycles. The van der Waals surface area contributed by atoms with Gasteiger partial charge < -0.3 is 11.1 Å². The maximum Gasteiger partial charge on any atom is 0.149 e. The highest BCUT2D eigenvalue weighted by Gasteiger charge is 2.07. The Morgan fingerprint density at radius 1 is 1.41 bits per heavy atom. The minimum Gasteiger partial charge on any atom is -0.396 e. The second kappa shape index (κ2) is 5.19. The molecule has 3 nitrogen and oxygen atoms in total. The highest BCUT2D eigenvalue weighted by Crippen LogP contribution is 2.18. The van der Waals surface area contributed by atoms with Gasteiger partial charge in [-0.2, -0.15) is 0 Å². The molecular formula is C13H17N3S. The second-order valence-electron chi connectivity index (χ2n) is 4.22. The van der Waals surface area contributed by atoms with Gasteiger partial charge in [0.1, 0.15) is 5.82 Å². The van der Waals surface area contributed by atoms with E-state index >= 15 is 0 Å². The molecular weight excluding hydrogens is 230 g/mol. The molecule has 2 aromatic rings. The number of hydrogen-bond acceptors (Lipinski definition) is 4. The summed E-state index contributed by atoms with van der Waals surface area (Å²) in [4.78, 5) is 5.78. The van der Waals surface area contributed by atoms with Crippen LogP contribution < -0.4 is 11.1 Å². The fraction of sp³-hybridized carbons (Fsp3) is 0.308. The fourth-order valence-corrected chi connectivity index (χ4v) is 2.53. The minimum atomic E-state index is 0.324. The number of nitrogen functional groups attached to an aromatic ring is 1. The predicted octanol–water partition coefficient (Wildman–Crippen LogP) is 3.08. The summed E-state index contributed by atoms with van der Waals surface area (Å²) in [5, 5.41) is 5.46. The van der Waals surface area contributed by atoms with Crippen molar-refractivity contribution in [2.75, 3.05) is 11.1 Å². The molecule has 0 amide bonds. The summed E-state index contributed by atoms with van der Waals surface area (Å²) < 4.78 is 0. The van der Waals surface area contributed by atoms with Crippen LogP contribution in [0.5, 0.6) is 0 Å². The standard InChI is InChI=1S/C13H17N3S/c1-9-5-6-12(14)13(15-9)16-10(2)8-11-4-3-7-17-11/h3-7,10H,8,14H2,1-2H3,(H,15,16). The number of nitrogens with one attached hydrogen (secondary N) is 1. The van der Waals surface area contributed by atoms with Crippen molar-refractivity contribution in [3.05, 3.63) is 40.2 Å². The van der Waals surface area contributed by atoms with E-state index in [9.17, 15) is 0 Å². The van der Waals surface area contributed by atoms with Crippen molar-refractivity contribution in [1.82, 2.24) is 4.98 Å². The number of nitrogens with two attached hydrogens (primary N) is 1. The zero-order chi connectivity index (χ0) is 12.3. The van der Waals surface area contributed by atoms with E-state index in [1.807, 2.05) is 19.1 Å². The van der Waals surface area contributed by atoms with E-state index in [0.29, 0.717) is 11.7 Å². The van der Waals surface area contributed by atoms with Gasteiger partial charge in [-0.1, -0.05) is 6.07 Å². The Labute approximate surface area is 106 Å². The van der Waals surface area contributed by atoms with Gasteiger partial charge in [0, 0.05) is 23.0 Å². The number of nitrogens with zero attached hydrogens (tertiary/aromatic N) is 1. The normalized spacial score (nSPS) is 12.4. The van der Waals surface area contributed by atoms with Crippen molar-refractivity contribution in [3.8, 4) is 0 Å². The van der Waals surface area contributed by atoms with Crippen LogP contribution in [0.4, 0.5) is 11.5 Å². The number of rotatable bonds is 4. The van der Waals surface area contributed by atoms with E-state index in [2.05, 4.69) is 34.7 Å². The Morgan fingerprint density at radius 2 is 2.24 bits per heavy atom. The summed E-state index contributed by atoms with van der Waals surface area (Å²) >= 11 is 1.78. The highest BCUT2D eigenvalue weighted by molar-refractivity contribution is 7.09. The van der Waals surface area contributed by atoms with Gasteiger partial charge in [-0.25, -0.2) is 4.98 Å². The lowest BCUT2D eigenvalue weighted by atomic mass is 10.2. The third-order valence-corrected chi connectivity index (χ3v) is 3.43. The van der Waals surface area contributed by atoms with Crippen molar-refractivity contribution in [2.45, 2.75) is 26.3 Å². The van der Waals surface area contributed by atoms with Crippen LogP contribution in [-0.2, 0) is 6.42 Å². The maximum atomic E-state index is 5.89. The molecule has 0 saturated carbocycles. The van der Waals surface area contributed by atoms with E-state index in [4.69, 9.17) is 5.73 Å². The average molecular weight is 247 g/mol. The van der Waals surface area contributed by atoms with E-state index in [1.54, 1.807) is 11.3 Å². The number of pyridine rings is 1. The zero-order valence-electron chi connectivity index (χ0n) is 10.1. The van der Waals surface area contributed by atoms with Crippen LogP contribution in [0.25, 0.3) is 0 Å². The molecule has 1 atom stereocenters. The van der Waals surface area contributed by atoms with Crippen LogP contribution >= 0.6 is 11.3 Å². The topological polar surface area (TPSA) is 50.9 Å². The van der Waals surface area contributed by atoms with Crippen molar-refractivity contribution in [2.24, 2.45) is 0 Å². The third-order valence-electron chi connectivity index (χ3n) is 2.54. The molecule has 2 heterocycles. The molecule has 2 aromatic heterocycles. The Kier molecular flexibility index (Phi) is 3.64. The molecule has 4 heteroatoms. The van der Waals surface area contributed by atoms with Crippen molar-refractivity contribution in [1.29, 1.82) is 0 Å². The maximum absolute atomic E-state index is 5.89. The van der Waals surface area contributed by atoms with E-state index < -0.39 is 0 Å². The van der Waals surface area contributed by atoms with Gasteiger partial charge in [0.25, 0.3) is 0 Å². The van der Waals surface area contributed by atoms with Gasteiger partial charge in [-0.05, 0) is 37.4 Å². The van der Waals surface area contributed by atoms with Gasteiger partial charge in [0.2, 0.25) is 0 Å². The molecule has 2 rings (SSSR count). The molecule has 0 radical (unpaired) electrons. The smallest absolute Gasteiger partial charge is 0.149 e. The Morgan fingerprint density at radius 3 is 2.94 bits per heavy atom. The van der Waals surface area contributed by atoms with E-state index in [-0.39, 0.29) is 0 Å². The molecule has 1 unspecified atom stereocenters. The van der Waals surface area contributed by atoms with Gasteiger partial charge in [-0.15, -0.1) is 11.3 Å². The lowest BCUT2D eigenvalue weighted by molar-refractivity contribution is 0.794. The van der Waals surface area contributed by atoms with Crippen LogP contribution in [0.15, 0.2) is 29.6 Å². The number of aryl methyl sites for hydroxylation is 1. The Balaban J connectivity index is 2.02. The van der Waals surface area contributed by atoms with Crippen molar-refractivity contribution >= 4 is 22.8 Å². The zero-order valence-corrected chi connectivity index (χ0v) is 10.9. The number of thiophene rings is 1. The predicted molar refractivity (Wildman–Crippen MR) is 74.5 cm³/mol. The summed E-state index contributed by atoms with van der Waals surface area (Å²) in [7, 11) is 0. The van der Waals surface area contributed by atoms with E-state index in [0.717, 1.165) is 17.9 Å². The summed E-state index contributed by atoms with van der Waals surface area (Å²) in [6, 6.07) is 8.36. The van der Waals surface area contributed by atoms with Gasteiger partial charge >= 0.3 is 0 Å². The van der Waals surface area contributed by atoms with Crippen LogP contribution in [0.1, 0.15) is 17.5 Å². The lowest BCUT2D eigenvalue weighted by Crippen LogP contribution is -2.19. The summed E-state index contributed by atoms with van der Waals surface area (Å²) in [6.07, 6.45) is 0.993.